The summed E-state index contributed by atoms with van der Waals surface area (Å²) in [4.78, 5) is 29.8. The maximum Gasteiger partial charge on any atom is 0.244 e. The average Bonchev–Trinajstić information content (AvgIpc) is 2.99. The van der Waals surface area contributed by atoms with Gasteiger partial charge in [0.2, 0.25) is 21.8 Å². The van der Waals surface area contributed by atoms with E-state index in [1.807, 2.05) is 36.4 Å². The molecule has 1 saturated carbocycles. The molecule has 3 aromatic rings. The maximum absolute atomic E-state index is 14.3. The second-order valence-corrected chi connectivity index (χ2v) is 13.1. The minimum Gasteiger partial charge on any atom is -0.492 e. The SMILES string of the molecule is CCOc1ccccc1N(CC(=O)N(Cc1ccccc1Cl)C(Cc1ccccc1)C(=O)NC1CCCCC1)S(C)(=O)=O. The van der Waals surface area contributed by atoms with Gasteiger partial charge >= 0.3 is 0 Å². The van der Waals surface area contributed by atoms with E-state index >= 15 is 0 Å². The number of amides is 2. The molecule has 0 heterocycles. The topological polar surface area (TPSA) is 96.0 Å². The highest BCUT2D eigenvalue weighted by atomic mass is 35.5. The number of hydrogen-bond donors (Lipinski definition) is 1. The second kappa shape index (κ2) is 15.3. The summed E-state index contributed by atoms with van der Waals surface area (Å²) < 4.78 is 33.0. The Morgan fingerprint density at radius 2 is 1.60 bits per heavy atom. The predicted molar refractivity (Wildman–Crippen MR) is 171 cm³/mol. The van der Waals surface area contributed by atoms with E-state index < -0.39 is 28.5 Å². The Balaban J connectivity index is 1.75. The third-order valence-electron chi connectivity index (χ3n) is 7.63. The van der Waals surface area contributed by atoms with Crippen LogP contribution in [0.3, 0.4) is 0 Å². The van der Waals surface area contributed by atoms with Crippen LogP contribution in [-0.2, 0) is 32.6 Å². The van der Waals surface area contributed by atoms with Gasteiger partial charge in [0.25, 0.3) is 0 Å². The molecular weight excluding hydrogens is 586 g/mol. The number of ether oxygens (including phenoxy) is 1. The molecule has 2 amide bonds. The second-order valence-electron chi connectivity index (χ2n) is 10.8. The van der Waals surface area contributed by atoms with E-state index in [-0.39, 0.29) is 30.6 Å². The van der Waals surface area contributed by atoms with E-state index in [1.54, 1.807) is 49.4 Å². The van der Waals surface area contributed by atoms with Gasteiger partial charge in [-0.3, -0.25) is 13.9 Å². The number of anilines is 1. The number of benzene rings is 3. The number of hydrogen-bond acceptors (Lipinski definition) is 5. The Bertz CT molecular complexity index is 1480. The van der Waals surface area contributed by atoms with Crippen molar-refractivity contribution in [3.8, 4) is 5.75 Å². The van der Waals surface area contributed by atoms with Crippen LogP contribution in [0.15, 0.2) is 78.9 Å². The van der Waals surface area contributed by atoms with Gasteiger partial charge in [0.1, 0.15) is 18.3 Å². The standard InChI is InChI=1S/C33H40ClN3O5S/c1-3-42-31-21-13-12-20-29(31)37(43(2,40)41)24-32(38)36(23-26-16-10-11-19-28(26)34)30(22-25-14-6-4-7-15-25)33(39)35-27-17-8-5-9-18-27/h4,6-7,10-16,19-21,27,30H,3,5,8-9,17-18,22-24H2,1-2H3,(H,35,39). The summed E-state index contributed by atoms with van der Waals surface area (Å²) in [5.74, 6) is -0.454. The van der Waals surface area contributed by atoms with Crippen molar-refractivity contribution in [2.24, 2.45) is 0 Å². The van der Waals surface area contributed by atoms with Crippen LogP contribution in [-0.4, -0.2) is 56.6 Å². The van der Waals surface area contributed by atoms with Crippen molar-refractivity contribution in [1.82, 2.24) is 10.2 Å². The Labute approximate surface area is 260 Å². The number of rotatable bonds is 13. The molecule has 4 rings (SSSR count). The summed E-state index contributed by atoms with van der Waals surface area (Å²) in [6, 6.07) is 22.5. The van der Waals surface area contributed by atoms with Gasteiger partial charge in [-0.2, -0.15) is 0 Å². The smallest absolute Gasteiger partial charge is 0.244 e. The average molecular weight is 626 g/mol. The molecule has 0 aliphatic heterocycles. The van der Waals surface area contributed by atoms with Gasteiger partial charge in [-0.1, -0.05) is 91.5 Å². The molecule has 3 aromatic carbocycles. The van der Waals surface area contributed by atoms with Crippen molar-refractivity contribution in [1.29, 1.82) is 0 Å². The molecule has 0 aromatic heterocycles. The lowest BCUT2D eigenvalue weighted by Crippen LogP contribution is -2.55. The number of nitrogens with one attached hydrogen (secondary N) is 1. The maximum atomic E-state index is 14.3. The van der Waals surface area contributed by atoms with Crippen LogP contribution in [0.4, 0.5) is 5.69 Å². The largest absolute Gasteiger partial charge is 0.492 e. The molecule has 0 bridgehead atoms. The molecule has 0 spiro atoms. The molecule has 1 N–H and O–H groups in total. The molecule has 230 valence electrons. The molecule has 10 heteroatoms. The van der Waals surface area contributed by atoms with E-state index in [1.165, 1.54) is 4.90 Å². The number of para-hydroxylation sites is 2. The van der Waals surface area contributed by atoms with E-state index in [0.29, 0.717) is 22.9 Å². The van der Waals surface area contributed by atoms with Crippen molar-refractivity contribution >= 4 is 39.1 Å². The summed E-state index contributed by atoms with van der Waals surface area (Å²) in [6.45, 7) is 1.63. The number of carbonyl (C=O) groups excluding carboxylic acids is 2. The van der Waals surface area contributed by atoms with E-state index in [4.69, 9.17) is 16.3 Å². The molecular formula is C33H40ClN3O5S. The monoisotopic (exact) mass is 625 g/mol. The zero-order valence-corrected chi connectivity index (χ0v) is 26.3. The summed E-state index contributed by atoms with van der Waals surface area (Å²) in [7, 11) is -3.92. The summed E-state index contributed by atoms with van der Waals surface area (Å²) in [6.07, 6.45) is 6.30. The quantitative estimate of drug-likeness (QED) is 0.267. The highest BCUT2D eigenvalue weighted by molar-refractivity contribution is 7.92. The van der Waals surface area contributed by atoms with Crippen molar-refractivity contribution in [2.75, 3.05) is 23.7 Å². The fourth-order valence-corrected chi connectivity index (χ4v) is 6.49. The highest BCUT2D eigenvalue weighted by Crippen LogP contribution is 2.30. The fourth-order valence-electron chi connectivity index (χ4n) is 5.44. The van der Waals surface area contributed by atoms with E-state index in [2.05, 4.69) is 5.32 Å². The van der Waals surface area contributed by atoms with Crippen LogP contribution in [0.5, 0.6) is 5.75 Å². The van der Waals surface area contributed by atoms with Crippen molar-refractivity contribution in [3.63, 3.8) is 0 Å². The number of carbonyl (C=O) groups is 2. The third-order valence-corrected chi connectivity index (χ3v) is 9.13. The molecule has 0 radical (unpaired) electrons. The molecule has 1 fully saturated rings. The van der Waals surface area contributed by atoms with Gasteiger partial charge in [0.15, 0.2) is 0 Å². The summed E-state index contributed by atoms with van der Waals surface area (Å²) >= 11 is 6.54. The zero-order valence-electron chi connectivity index (χ0n) is 24.7. The summed E-state index contributed by atoms with van der Waals surface area (Å²) in [5.41, 5.74) is 1.79. The molecule has 43 heavy (non-hydrogen) atoms. The van der Waals surface area contributed by atoms with Crippen LogP contribution < -0.4 is 14.4 Å². The number of sulfonamides is 1. The minimum absolute atomic E-state index is 0.0266. The van der Waals surface area contributed by atoms with Crippen molar-refractivity contribution in [3.05, 3.63) is 95.0 Å². The Kier molecular flexibility index (Phi) is 11.5. The first-order valence-corrected chi connectivity index (χ1v) is 17.0. The minimum atomic E-state index is -3.92. The van der Waals surface area contributed by atoms with E-state index in [9.17, 15) is 18.0 Å². The molecule has 8 nitrogen and oxygen atoms in total. The van der Waals surface area contributed by atoms with Gasteiger partial charge < -0.3 is 15.0 Å². The Hall–Kier alpha value is -3.56. The highest BCUT2D eigenvalue weighted by Gasteiger charge is 2.35. The van der Waals surface area contributed by atoms with Gasteiger partial charge in [-0.25, -0.2) is 8.42 Å². The van der Waals surface area contributed by atoms with Gasteiger partial charge in [-0.15, -0.1) is 0 Å². The van der Waals surface area contributed by atoms with Gasteiger partial charge in [0, 0.05) is 24.0 Å². The van der Waals surface area contributed by atoms with Crippen LogP contribution in [0.2, 0.25) is 5.02 Å². The first kappa shape index (κ1) is 32.4. The normalized spacial score (nSPS) is 14.5. The number of nitrogens with zero attached hydrogens (tertiary/aromatic N) is 2. The van der Waals surface area contributed by atoms with E-state index in [0.717, 1.165) is 48.2 Å². The predicted octanol–water partition coefficient (Wildman–Crippen LogP) is 5.59. The Morgan fingerprint density at radius 1 is 0.953 bits per heavy atom. The molecule has 1 aliphatic carbocycles. The van der Waals surface area contributed by atoms with Crippen LogP contribution in [0.25, 0.3) is 0 Å². The first-order chi connectivity index (χ1) is 20.7. The Morgan fingerprint density at radius 3 is 2.28 bits per heavy atom. The lowest BCUT2D eigenvalue weighted by Gasteiger charge is -2.35. The zero-order chi connectivity index (χ0) is 30.8. The van der Waals surface area contributed by atoms with Crippen molar-refractivity contribution in [2.45, 2.75) is 64.1 Å². The number of halogens is 1. The molecule has 0 saturated heterocycles. The van der Waals surface area contributed by atoms with Gasteiger partial charge in [-0.05, 0) is 49.1 Å². The van der Waals surface area contributed by atoms with Crippen LogP contribution >= 0.6 is 11.6 Å². The molecule has 1 unspecified atom stereocenters. The lowest BCUT2D eigenvalue weighted by molar-refractivity contribution is -0.140. The van der Waals surface area contributed by atoms with Crippen molar-refractivity contribution < 1.29 is 22.7 Å². The van der Waals surface area contributed by atoms with Crippen LogP contribution in [0.1, 0.15) is 50.2 Å². The third kappa shape index (κ3) is 8.97. The summed E-state index contributed by atoms with van der Waals surface area (Å²) in [5, 5.41) is 3.65. The van der Waals surface area contributed by atoms with Crippen LogP contribution in [0, 0.1) is 0 Å². The van der Waals surface area contributed by atoms with Gasteiger partial charge in [0.05, 0.1) is 18.6 Å². The molecule has 1 aliphatic rings. The lowest BCUT2D eigenvalue weighted by atomic mass is 9.94. The fraction of sp³-hybridized carbons (Fsp3) is 0.394. The first-order valence-electron chi connectivity index (χ1n) is 14.7. The molecule has 1 atom stereocenters.